The highest BCUT2D eigenvalue weighted by Gasteiger charge is 2.16. The van der Waals surface area contributed by atoms with Crippen LogP contribution in [0.3, 0.4) is 0 Å². The second kappa shape index (κ2) is 8.59. The molecule has 0 spiro atoms. The maximum absolute atomic E-state index is 6.47. The van der Waals surface area contributed by atoms with Gasteiger partial charge in [-0.25, -0.2) is 0 Å². The number of hydrogen-bond acceptors (Lipinski definition) is 3. The lowest BCUT2D eigenvalue weighted by Crippen LogP contribution is -2.37. The summed E-state index contributed by atoms with van der Waals surface area (Å²) in [6.45, 7) is 9.81. The van der Waals surface area contributed by atoms with E-state index in [1.54, 1.807) is 7.11 Å². The number of aryl methyl sites for hydroxylation is 1. The minimum atomic E-state index is 0.0831. The van der Waals surface area contributed by atoms with E-state index in [0.29, 0.717) is 23.1 Å². The third-order valence-electron chi connectivity index (χ3n) is 4.58. The van der Waals surface area contributed by atoms with Crippen molar-refractivity contribution in [3.05, 3.63) is 58.1 Å². The van der Waals surface area contributed by atoms with Gasteiger partial charge in [0, 0.05) is 12.1 Å². The van der Waals surface area contributed by atoms with E-state index in [9.17, 15) is 0 Å². The van der Waals surface area contributed by atoms with Gasteiger partial charge < -0.3 is 14.8 Å². The Morgan fingerprint density at radius 3 is 2.52 bits per heavy atom. The van der Waals surface area contributed by atoms with Gasteiger partial charge in [-0.2, -0.15) is 0 Å². The first-order chi connectivity index (χ1) is 11.9. The van der Waals surface area contributed by atoms with Gasteiger partial charge in [0.1, 0.15) is 6.61 Å². The molecule has 0 aromatic heterocycles. The Labute approximate surface area is 156 Å². The van der Waals surface area contributed by atoms with E-state index >= 15 is 0 Å². The Bertz CT molecular complexity index is 713. The third kappa shape index (κ3) is 5.38. The number of nitrogens with one attached hydrogen (secondary N) is 1. The van der Waals surface area contributed by atoms with Crippen molar-refractivity contribution in [3.63, 3.8) is 0 Å². The van der Waals surface area contributed by atoms with E-state index in [2.05, 4.69) is 45.1 Å². The maximum atomic E-state index is 6.47. The van der Waals surface area contributed by atoms with Crippen LogP contribution in [0.5, 0.6) is 11.5 Å². The molecule has 0 aliphatic heterocycles. The Kier molecular flexibility index (Phi) is 6.74. The molecule has 0 heterocycles. The second-order valence-corrected chi connectivity index (χ2v) is 7.32. The van der Waals surface area contributed by atoms with Crippen LogP contribution in [0.1, 0.15) is 43.9 Å². The number of hydrogen-bond donors (Lipinski definition) is 1. The molecule has 0 unspecified atom stereocenters. The Morgan fingerprint density at radius 1 is 1.16 bits per heavy atom. The van der Waals surface area contributed by atoms with E-state index in [0.717, 1.165) is 24.1 Å². The van der Waals surface area contributed by atoms with Gasteiger partial charge in [0.25, 0.3) is 0 Å². The first kappa shape index (κ1) is 19.6. The van der Waals surface area contributed by atoms with Gasteiger partial charge in [0.05, 0.1) is 12.1 Å². The lowest BCUT2D eigenvalue weighted by Gasteiger charge is -2.25. The molecule has 0 atom stereocenters. The molecule has 2 aromatic carbocycles. The molecule has 0 amide bonds. The van der Waals surface area contributed by atoms with Crippen molar-refractivity contribution in [2.75, 3.05) is 7.11 Å². The van der Waals surface area contributed by atoms with Crippen LogP contribution in [0.4, 0.5) is 0 Å². The molecule has 0 radical (unpaired) electrons. The Morgan fingerprint density at radius 2 is 1.88 bits per heavy atom. The summed E-state index contributed by atoms with van der Waals surface area (Å²) >= 11 is 6.47. The van der Waals surface area contributed by atoms with Crippen LogP contribution in [0.25, 0.3) is 0 Å². The van der Waals surface area contributed by atoms with E-state index in [1.165, 1.54) is 5.56 Å². The summed E-state index contributed by atoms with van der Waals surface area (Å²) in [4.78, 5) is 0. The monoisotopic (exact) mass is 361 g/mol. The zero-order chi connectivity index (χ0) is 18.4. The van der Waals surface area contributed by atoms with Crippen molar-refractivity contribution in [3.8, 4) is 11.5 Å². The SMILES string of the molecule is CCC(C)(C)NCc1cc(Cl)c(OCc2ccccc2C)c(OC)c1. The zero-order valence-corrected chi connectivity index (χ0v) is 16.5. The van der Waals surface area contributed by atoms with Crippen molar-refractivity contribution >= 4 is 11.6 Å². The van der Waals surface area contributed by atoms with E-state index in [-0.39, 0.29) is 5.54 Å². The average Bonchev–Trinajstić information content (AvgIpc) is 2.60. The molecule has 0 aliphatic rings. The predicted octanol–water partition coefficient (Wildman–Crippen LogP) is 5.51. The van der Waals surface area contributed by atoms with Gasteiger partial charge in [-0.1, -0.05) is 42.8 Å². The van der Waals surface area contributed by atoms with Crippen molar-refractivity contribution in [2.45, 2.75) is 52.8 Å². The van der Waals surface area contributed by atoms with E-state index in [1.807, 2.05) is 24.3 Å². The standard InChI is InChI=1S/C21H28ClNO2/c1-6-21(3,4)23-13-16-11-18(22)20(19(12-16)24-5)25-14-17-10-8-7-9-15(17)2/h7-12,23H,6,13-14H2,1-5H3. The molecule has 0 bridgehead atoms. The smallest absolute Gasteiger partial charge is 0.180 e. The highest BCUT2D eigenvalue weighted by atomic mass is 35.5. The molecular formula is C21H28ClNO2. The van der Waals surface area contributed by atoms with Crippen molar-refractivity contribution in [1.29, 1.82) is 0 Å². The molecule has 2 rings (SSSR count). The van der Waals surface area contributed by atoms with Crippen molar-refractivity contribution in [1.82, 2.24) is 5.32 Å². The molecule has 1 N–H and O–H groups in total. The molecule has 4 heteroatoms. The highest BCUT2D eigenvalue weighted by molar-refractivity contribution is 6.32. The summed E-state index contributed by atoms with van der Waals surface area (Å²) in [6, 6.07) is 12.1. The fourth-order valence-electron chi connectivity index (χ4n) is 2.40. The number of ether oxygens (including phenoxy) is 2. The first-order valence-electron chi connectivity index (χ1n) is 8.65. The lowest BCUT2D eigenvalue weighted by atomic mass is 10.0. The Balaban J connectivity index is 2.15. The number of rotatable bonds is 8. The molecule has 2 aromatic rings. The minimum absolute atomic E-state index is 0.0831. The fourth-order valence-corrected chi connectivity index (χ4v) is 2.69. The van der Waals surface area contributed by atoms with Crippen LogP contribution in [0, 0.1) is 6.92 Å². The van der Waals surface area contributed by atoms with Crippen molar-refractivity contribution < 1.29 is 9.47 Å². The maximum Gasteiger partial charge on any atom is 0.180 e. The quantitative estimate of drug-likeness (QED) is 0.672. The largest absolute Gasteiger partial charge is 0.493 e. The highest BCUT2D eigenvalue weighted by Crippen LogP contribution is 2.37. The summed E-state index contributed by atoms with van der Waals surface area (Å²) in [5, 5.41) is 4.10. The summed E-state index contributed by atoms with van der Waals surface area (Å²) < 4.78 is 11.5. The topological polar surface area (TPSA) is 30.5 Å². The molecule has 136 valence electrons. The molecular weight excluding hydrogens is 334 g/mol. The van der Waals surface area contributed by atoms with Crippen LogP contribution in [-0.2, 0) is 13.2 Å². The normalized spacial score (nSPS) is 11.4. The van der Waals surface area contributed by atoms with Gasteiger partial charge in [-0.15, -0.1) is 0 Å². The minimum Gasteiger partial charge on any atom is -0.493 e. The Hall–Kier alpha value is -1.71. The van der Waals surface area contributed by atoms with E-state index < -0.39 is 0 Å². The molecule has 0 fully saturated rings. The number of benzene rings is 2. The van der Waals surface area contributed by atoms with Crippen LogP contribution in [0.15, 0.2) is 36.4 Å². The van der Waals surface area contributed by atoms with Crippen molar-refractivity contribution in [2.24, 2.45) is 0 Å². The fraction of sp³-hybridized carbons (Fsp3) is 0.429. The van der Waals surface area contributed by atoms with Crippen LogP contribution < -0.4 is 14.8 Å². The van der Waals surface area contributed by atoms with Gasteiger partial charge >= 0.3 is 0 Å². The van der Waals surface area contributed by atoms with Crippen LogP contribution in [-0.4, -0.2) is 12.6 Å². The molecule has 25 heavy (non-hydrogen) atoms. The molecule has 3 nitrogen and oxygen atoms in total. The second-order valence-electron chi connectivity index (χ2n) is 6.92. The third-order valence-corrected chi connectivity index (χ3v) is 4.86. The summed E-state index contributed by atoms with van der Waals surface area (Å²) in [5.41, 5.74) is 3.49. The number of halogens is 1. The van der Waals surface area contributed by atoms with Gasteiger partial charge in [0.15, 0.2) is 11.5 Å². The summed E-state index contributed by atoms with van der Waals surface area (Å²) in [7, 11) is 1.64. The summed E-state index contributed by atoms with van der Waals surface area (Å²) in [5.74, 6) is 1.25. The number of methoxy groups -OCH3 is 1. The van der Waals surface area contributed by atoms with Crippen LogP contribution >= 0.6 is 11.6 Å². The molecule has 0 saturated carbocycles. The van der Waals surface area contributed by atoms with Crippen LogP contribution in [0.2, 0.25) is 5.02 Å². The van der Waals surface area contributed by atoms with Gasteiger partial charge in [0.2, 0.25) is 0 Å². The lowest BCUT2D eigenvalue weighted by molar-refractivity contribution is 0.283. The zero-order valence-electron chi connectivity index (χ0n) is 15.8. The predicted molar refractivity (Wildman–Crippen MR) is 105 cm³/mol. The van der Waals surface area contributed by atoms with Gasteiger partial charge in [-0.05, 0) is 56.0 Å². The summed E-state index contributed by atoms with van der Waals surface area (Å²) in [6.07, 6.45) is 1.05. The first-order valence-corrected chi connectivity index (χ1v) is 9.03. The molecule has 0 saturated heterocycles. The van der Waals surface area contributed by atoms with Gasteiger partial charge in [-0.3, -0.25) is 0 Å². The average molecular weight is 362 g/mol. The molecule has 0 aliphatic carbocycles. The van der Waals surface area contributed by atoms with E-state index in [4.69, 9.17) is 21.1 Å².